The number of ether oxygens (including phenoxy) is 2. The molecule has 0 aliphatic carbocycles. The highest BCUT2D eigenvalue weighted by Crippen LogP contribution is 2.36. The van der Waals surface area contributed by atoms with E-state index in [2.05, 4.69) is 10.3 Å². The van der Waals surface area contributed by atoms with E-state index in [9.17, 15) is 4.79 Å². The first-order valence-corrected chi connectivity index (χ1v) is 6.01. The predicted molar refractivity (Wildman–Crippen MR) is 66.1 cm³/mol. The monoisotopic (exact) mass is 244 g/mol. The Bertz CT molecular complexity index is 705. The highest BCUT2D eigenvalue weighted by molar-refractivity contribution is 5.87. The Kier molecular flexibility index (Phi) is 1.93. The Morgan fingerprint density at radius 1 is 1.11 bits per heavy atom. The Labute approximate surface area is 103 Å². The van der Waals surface area contributed by atoms with Crippen LogP contribution in [0.15, 0.2) is 16.9 Å². The van der Waals surface area contributed by atoms with Crippen molar-refractivity contribution >= 4 is 10.9 Å². The lowest BCUT2D eigenvalue weighted by molar-refractivity contribution is 0.174. The molecular formula is C13H12N2O3. The first kappa shape index (κ1) is 9.96. The fourth-order valence-corrected chi connectivity index (χ4v) is 2.69. The lowest BCUT2D eigenvalue weighted by atomic mass is 9.98. The van der Waals surface area contributed by atoms with Crippen molar-refractivity contribution < 1.29 is 9.47 Å². The van der Waals surface area contributed by atoms with Crippen LogP contribution in [0.1, 0.15) is 11.1 Å². The summed E-state index contributed by atoms with van der Waals surface area (Å²) < 4.78 is 10.7. The number of aromatic amines is 1. The number of rotatable bonds is 0. The van der Waals surface area contributed by atoms with E-state index in [0.717, 1.165) is 47.3 Å². The Morgan fingerprint density at radius 3 is 2.83 bits per heavy atom. The zero-order valence-electron chi connectivity index (χ0n) is 9.71. The summed E-state index contributed by atoms with van der Waals surface area (Å²) in [7, 11) is 0. The predicted octanol–water partition coefficient (Wildman–Crippen LogP) is 0.903. The van der Waals surface area contributed by atoms with E-state index in [1.807, 2.05) is 12.1 Å². The molecule has 0 bridgehead atoms. The summed E-state index contributed by atoms with van der Waals surface area (Å²) in [5.41, 5.74) is 2.79. The molecule has 1 aromatic heterocycles. The molecule has 2 aliphatic rings. The third-order valence-corrected chi connectivity index (χ3v) is 3.58. The van der Waals surface area contributed by atoms with Gasteiger partial charge in [-0.3, -0.25) is 4.79 Å². The molecule has 0 saturated heterocycles. The van der Waals surface area contributed by atoms with Gasteiger partial charge < -0.3 is 19.8 Å². The van der Waals surface area contributed by atoms with Crippen molar-refractivity contribution in [1.82, 2.24) is 10.3 Å². The van der Waals surface area contributed by atoms with Crippen LogP contribution in [0.2, 0.25) is 0 Å². The molecule has 0 amide bonds. The lowest BCUT2D eigenvalue weighted by Crippen LogP contribution is -2.29. The average Bonchev–Trinajstić information content (AvgIpc) is 2.84. The number of pyridine rings is 1. The molecule has 0 fully saturated rings. The maximum absolute atomic E-state index is 12.0. The zero-order valence-corrected chi connectivity index (χ0v) is 9.71. The van der Waals surface area contributed by atoms with Gasteiger partial charge in [0.1, 0.15) is 0 Å². The van der Waals surface area contributed by atoms with Gasteiger partial charge in [0.2, 0.25) is 6.79 Å². The number of fused-ring (bicyclic) bond motifs is 4. The van der Waals surface area contributed by atoms with Gasteiger partial charge in [0, 0.05) is 23.6 Å². The summed E-state index contributed by atoms with van der Waals surface area (Å²) in [6, 6.07) is 3.80. The van der Waals surface area contributed by atoms with Crippen molar-refractivity contribution in [2.24, 2.45) is 0 Å². The normalized spacial score (nSPS) is 16.9. The smallest absolute Gasteiger partial charge is 0.251 e. The van der Waals surface area contributed by atoms with Gasteiger partial charge in [-0.1, -0.05) is 0 Å². The van der Waals surface area contributed by atoms with E-state index < -0.39 is 0 Å². The number of aromatic nitrogens is 1. The van der Waals surface area contributed by atoms with E-state index in [0.29, 0.717) is 5.75 Å². The maximum atomic E-state index is 12.0. The molecule has 2 aromatic rings. The summed E-state index contributed by atoms with van der Waals surface area (Å²) in [4.78, 5) is 15.0. The number of H-pyrrole nitrogens is 1. The summed E-state index contributed by atoms with van der Waals surface area (Å²) in [5, 5.41) is 4.35. The van der Waals surface area contributed by atoms with E-state index >= 15 is 0 Å². The minimum absolute atomic E-state index is 0.0119. The molecule has 18 heavy (non-hydrogen) atoms. The van der Waals surface area contributed by atoms with E-state index in [1.54, 1.807) is 0 Å². The first-order chi connectivity index (χ1) is 8.83. The number of benzene rings is 1. The van der Waals surface area contributed by atoms with Crippen molar-refractivity contribution in [2.45, 2.75) is 13.0 Å². The molecule has 3 heterocycles. The minimum atomic E-state index is 0.0119. The van der Waals surface area contributed by atoms with Crippen LogP contribution in [0.25, 0.3) is 10.9 Å². The van der Waals surface area contributed by atoms with E-state index in [1.165, 1.54) is 0 Å². The topological polar surface area (TPSA) is 63.4 Å². The summed E-state index contributed by atoms with van der Waals surface area (Å²) in [5.74, 6) is 1.45. The fourth-order valence-electron chi connectivity index (χ4n) is 2.69. The minimum Gasteiger partial charge on any atom is -0.454 e. The Morgan fingerprint density at radius 2 is 1.94 bits per heavy atom. The van der Waals surface area contributed by atoms with Gasteiger partial charge in [-0.2, -0.15) is 0 Å². The molecule has 5 nitrogen and oxygen atoms in total. The summed E-state index contributed by atoms with van der Waals surface area (Å²) in [6.07, 6.45) is 0.773. The molecule has 0 unspecified atom stereocenters. The number of hydrogen-bond acceptors (Lipinski definition) is 4. The number of nitrogens with one attached hydrogen (secondary N) is 2. The maximum Gasteiger partial charge on any atom is 0.251 e. The van der Waals surface area contributed by atoms with Crippen molar-refractivity contribution in [3.63, 3.8) is 0 Å². The van der Waals surface area contributed by atoms with Crippen LogP contribution in [-0.4, -0.2) is 18.3 Å². The van der Waals surface area contributed by atoms with Gasteiger partial charge >= 0.3 is 0 Å². The average molecular weight is 244 g/mol. The molecule has 2 aliphatic heterocycles. The second kappa shape index (κ2) is 3.49. The van der Waals surface area contributed by atoms with Crippen molar-refractivity contribution in [3.8, 4) is 11.5 Å². The van der Waals surface area contributed by atoms with Crippen molar-refractivity contribution in [1.29, 1.82) is 0 Å². The van der Waals surface area contributed by atoms with Crippen LogP contribution in [-0.2, 0) is 13.0 Å². The summed E-state index contributed by atoms with van der Waals surface area (Å²) >= 11 is 0. The highest BCUT2D eigenvalue weighted by atomic mass is 16.7. The van der Waals surface area contributed by atoms with Crippen molar-refractivity contribution in [3.05, 3.63) is 33.6 Å². The van der Waals surface area contributed by atoms with Gasteiger partial charge in [-0.15, -0.1) is 0 Å². The molecule has 0 atom stereocenters. The number of hydrogen-bond donors (Lipinski definition) is 2. The molecular weight excluding hydrogens is 232 g/mol. The van der Waals surface area contributed by atoms with Crippen LogP contribution in [0, 0.1) is 0 Å². The first-order valence-electron chi connectivity index (χ1n) is 6.01. The van der Waals surface area contributed by atoms with Crippen LogP contribution in [0.3, 0.4) is 0 Å². The SMILES string of the molecule is O=c1[nH]c2cc3c(cc2c2c1CCNC2)OCO3. The van der Waals surface area contributed by atoms with Gasteiger partial charge in [-0.25, -0.2) is 0 Å². The van der Waals surface area contributed by atoms with Gasteiger partial charge in [0.25, 0.3) is 5.56 Å². The standard InChI is InChI=1S/C13H12N2O3/c16-13-7-1-2-14-5-9(7)8-3-11-12(18-6-17-11)4-10(8)15-13/h3-4,14H,1-2,5-6H2,(H,15,16). The van der Waals surface area contributed by atoms with E-state index in [4.69, 9.17) is 9.47 Å². The van der Waals surface area contributed by atoms with Gasteiger partial charge in [-0.05, 0) is 24.6 Å². The molecule has 4 rings (SSSR count). The molecule has 0 spiro atoms. The Hall–Kier alpha value is -2.01. The Balaban J connectivity index is 2.09. The molecule has 1 aromatic carbocycles. The zero-order chi connectivity index (χ0) is 12.1. The van der Waals surface area contributed by atoms with Crippen LogP contribution < -0.4 is 20.3 Å². The molecule has 0 saturated carbocycles. The van der Waals surface area contributed by atoms with Crippen LogP contribution in [0.4, 0.5) is 0 Å². The van der Waals surface area contributed by atoms with Crippen LogP contribution >= 0.6 is 0 Å². The molecule has 2 N–H and O–H groups in total. The quantitative estimate of drug-likeness (QED) is 0.722. The third-order valence-electron chi connectivity index (χ3n) is 3.58. The fraction of sp³-hybridized carbons (Fsp3) is 0.308. The summed E-state index contributed by atoms with van der Waals surface area (Å²) in [6.45, 7) is 1.83. The molecule has 0 radical (unpaired) electrons. The largest absolute Gasteiger partial charge is 0.454 e. The molecule has 92 valence electrons. The second-order valence-electron chi connectivity index (χ2n) is 4.59. The highest BCUT2D eigenvalue weighted by Gasteiger charge is 2.20. The molecule has 5 heteroatoms. The van der Waals surface area contributed by atoms with Gasteiger partial charge in [0.05, 0.1) is 5.52 Å². The van der Waals surface area contributed by atoms with E-state index in [-0.39, 0.29) is 12.4 Å². The van der Waals surface area contributed by atoms with Crippen molar-refractivity contribution in [2.75, 3.05) is 13.3 Å². The lowest BCUT2D eigenvalue weighted by Gasteiger charge is -2.18. The van der Waals surface area contributed by atoms with Crippen LogP contribution in [0.5, 0.6) is 11.5 Å². The second-order valence-corrected chi connectivity index (χ2v) is 4.59. The third kappa shape index (κ3) is 1.28. The van der Waals surface area contributed by atoms with Gasteiger partial charge in [0.15, 0.2) is 11.5 Å².